The molecular weight excluding hydrogens is 207 g/mol. The minimum atomic E-state index is -1.52. The van der Waals surface area contributed by atoms with Crippen LogP contribution >= 0.6 is 8.03 Å². The molecule has 0 aromatic heterocycles. The molecule has 0 aliphatic carbocycles. The van der Waals surface area contributed by atoms with Gasteiger partial charge in [-0.1, -0.05) is 50.1 Å². The second-order valence-corrected chi connectivity index (χ2v) is 4.76. The highest BCUT2D eigenvalue weighted by Gasteiger charge is 2.17. The summed E-state index contributed by atoms with van der Waals surface area (Å²) in [6.45, 7) is 2.76. The summed E-state index contributed by atoms with van der Waals surface area (Å²) in [5.41, 5.74) is 1.08. The lowest BCUT2D eigenvalue weighted by Crippen LogP contribution is -1.88. The molecule has 0 heterocycles. The lowest BCUT2D eigenvalue weighted by molar-refractivity contribution is 0.317. The molecule has 1 rings (SSSR count). The van der Waals surface area contributed by atoms with Crippen molar-refractivity contribution in [3.05, 3.63) is 35.9 Å². The van der Waals surface area contributed by atoms with E-state index >= 15 is 0 Å². The van der Waals surface area contributed by atoms with Gasteiger partial charge in [-0.2, -0.15) is 0 Å². The van der Waals surface area contributed by atoms with Crippen LogP contribution in [-0.2, 0) is 15.3 Å². The van der Waals surface area contributed by atoms with E-state index in [4.69, 9.17) is 4.52 Å². The monoisotopic (exact) mass is 225 g/mol. The van der Waals surface area contributed by atoms with Crippen molar-refractivity contribution in [3.63, 3.8) is 0 Å². The van der Waals surface area contributed by atoms with Crippen molar-refractivity contribution in [3.8, 4) is 0 Å². The van der Waals surface area contributed by atoms with E-state index < -0.39 is 8.03 Å². The second kappa shape index (κ2) is 7.56. The summed E-state index contributed by atoms with van der Waals surface area (Å²) in [5.74, 6) is 0. The lowest BCUT2D eigenvalue weighted by atomic mass is 10.2. The minimum Gasteiger partial charge on any atom is -0.146 e. The Balaban J connectivity index is 2.19. The normalized spacial score (nSPS) is 11.4. The summed E-state index contributed by atoms with van der Waals surface area (Å²) in [7, 11) is -1.52. The summed E-state index contributed by atoms with van der Waals surface area (Å²) < 4.78 is 16.8. The molecule has 2 nitrogen and oxygen atoms in total. The van der Waals surface area contributed by atoms with Crippen LogP contribution in [0.4, 0.5) is 0 Å². The number of benzene rings is 1. The van der Waals surface area contributed by atoms with Gasteiger partial charge in [-0.15, -0.1) is 4.52 Å². The van der Waals surface area contributed by atoms with Crippen molar-refractivity contribution in [2.45, 2.75) is 32.3 Å². The number of hydrogen-bond donors (Lipinski definition) is 0. The summed E-state index contributed by atoms with van der Waals surface area (Å²) in [4.78, 5) is 0. The molecular formula is C12H18O2P+. The van der Waals surface area contributed by atoms with Gasteiger partial charge in [0.25, 0.3) is 0 Å². The van der Waals surface area contributed by atoms with Crippen LogP contribution in [0.3, 0.4) is 0 Å². The van der Waals surface area contributed by atoms with Crippen LogP contribution in [0.15, 0.2) is 30.3 Å². The molecule has 0 amide bonds. The summed E-state index contributed by atoms with van der Waals surface area (Å²) in [6.07, 6.45) is 3.85. The minimum absolute atomic E-state index is 0.530. The van der Waals surface area contributed by atoms with Gasteiger partial charge < -0.3 is 0 Å². The van der Waals surface area contributed by atoms with Crippen LogP contribution < -0.4 is 0 Å². The third-order valence-corrected chi connectivity index (χ3v) is 3.23. The van der Waals surface area contributed by atoms with E-state index in [2.05, 4.69) is 6.92 Å². The Kier molecular flexibility index (Phi) is 6.22. The molecule has 0 bridgehead atoms. The predicted octanol–water partition coefficient (Wildman–Crippen LogP) is 4.14. The van der Waals surface area contributed by atoms with E-state index in [0.29, 0.717) is 12.8 Å². The van der Waals surface area contributed by atoms with Gasteiger partial charge in [-0.3, -0.25) is 0 Å². The molecule has 0 aliphatic heterocycles. The van der Waals surface area contributed by atoms with Crippen LogP contribution in [0.2, 0.25) is 0 Å². The van der Waals surface area contributed by atoms with E-state index in [0.717, 1.165) is 18.4 Å². The Morgan fingerprint density at radius 3 is 2.60 bits per heavy atom. The molecule has 82 valence electrons. The Morgan fingerprint density at radius 1 is 1.20 bits per heavy atom. The van der Waals surface area contributed by atoms with E-state index in [-0.39, 0.29) is 0 Å². The van der Waals surface area contributed by atoms with Crippen molar-refractivity contribution in [1.29, 1.82) is 0 Å². The Hall–Kier alpha value is -0.720. The van der Waals surface area contributed by atoms with Gasteiger partial charge >= 0.3 is 8.03 Å². The largest absolute Gasteiger partial charge is 0.512 e. The van der Waals surface area contributed by atoms with Crippen molar-refractivity contribution in [1.82, 2.24) is 0 Å². The molecule has 0 saturated carbocycles. The third-order valence-electron chi connectivity index (χ3n) is 2.14. The zero-order valence-electron chi connectivity index (χ0n) is 9.19. The average molecular weight is 225 g/mol. The van der Waals surface area contributed by atoms with Gasteiger partial charge in [0.2, 0.25) is 6.16 Å². The summed E-state index contributed by atoms with van der Waals surface area (Å²) in [6, 6.07) is 9.81. The van der Waals surface area contributed by atoms with Crippen LogP contribution in [0.1, 0.15) is 31.7 Å². The average Bonchev–Trinajstić information content (AvgIpc) is 2.26. The van der Waals surface area contributed by atoms with Crippen molar-refractivity contribution in [2.75, 3.05) is 6.61 Å². The molecule has 0 aliphatic rings. The zero-order chi connectivity index (χ0) is 10.9. The molecule has 0 fully saturated rings. The van der Waals surface area contributed by atoms with Gasteiger partial charge in [0.1, 0.15) is 6.61 Å². The second-order valence-electron chi connectivity index (χ2n) is 3.52. The fraction of sp³-hybridized carbons (Fsp3) is 0.500. The topological polar surface area (TPSA) is 26.3 Å². The predicted molar refractivity (Wildman–Crippen MR) is 63.2 cm³/mol. The van der Waals surface area contributed by atoms with Crippen LogP contribution in [0, 0.1) is 0 Å². The molecule has 3 heteroatoms. The molecule has 0 radical (unpaired) electrons. The van der Waals surface area contributed by atoms with Gasteiger partial charge in [-0.25, -0.2) is 0 Å². The first kappa shape index (κ1) is 12.4. The maximum Gasteiger partial charge on any atom is 0.512 e. The van der Waals surface area contributed by atoms with E-state index in [1.807, 2.05) is 30.3 Å². The molecule has 1 aromatic rings. The Labute approximate surface area is 92.5 Å². The molecule has 15 heavy (non-hydrogen) atoms. The SMILES string of the molecule is CCCCCO[P+](=O)Cc1ccccc1. The quantitative estimate of drug-likeness (QED) is 0.515. The lowest BCUT2D eigenvalue weighted by Gasteiger charge is -1.93. The highest BCUT2D eigenvalue weighted by molar-refractivity contribution is 7.38. The van der Waals surface area contributed by atoms with Gasteiger partial charge in [0, 0.05) is 5.56 Å². The van der Waals surface area contributed by atoms with E-state index in [1.165, 1.54) is 6.42 Å². The first-order valence-corrected chi connectivity index (χ1v) is 6.80. The maximum absolute atomic E-state index is 11.5. The number of unbranched alkanes of at least 4 members (excludes halogenated alkanes) is 2. The number of rotatable bonds is 7. The van der Waals surface area contributed by atoms with Gasteiger partial charge in [-0.05, 0) is 11.0 Å². The number of hydrogen-bond acceptors (Lipinski definition) is 2. The smallest absolute Gasteiger partial charge is 0.146 e. The molecule has 1 aromatic carbocycles. The highest BCUT2D eigenvalue weighted by Crippen LogP contribution is 2.28. The van der Waals surface area contributed by atoms with E-state index in [9.17, 15) is 4.57 Å². The van der Waals surface area contributed by atoms with Crippen molar-refractivity contribution in [2.24, 2.45) is 0 Å². The van der Waals surface area contributed by atoms with Crippen LogP contribution in [-0.4, -0.2) is 6.61 Å². The van der Waals surface area contributed by atoms with Crippen molar-refractivity contribution < 1.29 is 9.09 Å². The van der Waals surface area contributed by atoms with Crippen LogP contribution in [0.5, 0.6) is 0 Å². The summed E-state index contributed by atoms with van der Waals surface area (Å²) in [5, 5.41) is 0. The van der Waals surface area contributed by atoms with Gasteiger partial charge in [0.15, 0.2) is 0 Å². The Bertz CT molecular complexity index is 285. The third kappa shape index (κ3) is 5.66. The fourth-order valence-electron chi connectivity index (χ4n) is 1.30. The highest BCUT2D eigenvalue weighted by atomic mass is 31.1. The standard InChI is InChI=1S/C12H18O2P/c1-2-3-7-10-14-15(13)11-12-8-5-4-6-9-12/h4-6,8-9H,2-3,7,10-11H2,1H3/q+1. The zero-order valence-corrected chi connectivity index (χ0v) is 10.1. The van der Waals surface area contributed by atoms with Gasteiger partial charge in [0.05, 0.1) is 0 Å². The molecule has 0 saturated heterocycles. The molecule has 1 unspecified atom stereocenters. The molecule has 0 N–H and O–H groups in total. The fourth-order valence-corrected chi connectivity index (χ4v) is 2.23. The first-order chi connectivity index (χ1) is 7.33. The summed E-state index contributed by atoms with van der Waals surface area (Å²) >= 11 is 0. The van der Waals surface area contributed by atoms with E-state index in [1.54, 1.807) is 0 Å². The Morgan fingerprint density at radius 2 is 1.93 bits per heavy atom. The molecule has 0 spiro atoms. The first-order valence-electron chi connectivity index (χ1n) is 5.44. The van der Waals surface area contributed by atoms with Crippen molar-refractivity contribution >= 4 is 8.03 Å². The van der Waals surface area contributed by atoms with Crippen LogP contribution in [0.25, 0.3) is 0 Å². The maximum atomic E-state index is 11.5. The molecule has 1 atom stereocenters.